The van der Waals surface area contributed by atoms with Crippen LogP contribution < -0.4 is 5.73 Å². The lowest BCUT2D eigenvalue weighted by atomic mass is 9.86. The molecule has 1 heterocycles. The maximum Gasteiger partial charge on any atom is 0.191 e. The molecule has 17 heavy (non-hydrogen) atoms. The molecule has 0 saturated carbocycles. The van der Waals surface area contributed by atoms with E-state index < -0.39 is 0 Å². The van der Waals surface area contributed by atoms with E-state index in [4.69, 9.17) is 10.5 Å². The van der Waals surface area contributed by atoms with E-state index in [1.807, 2.05) is 0 Å². The molecular formula is C13H27N3O. The molecule has 0 amide bonds. The van der Waals surface area contributed by atoms with Gasteiger partial charge in [0, 0.05) is 20.1 Å². The minimum absolute atomic E-state index is 0.0200. The number of ether oxygens (including phenoxy) is 1. The van der Waals surface area contributed by atoms with Gasteiger partial charge in [0.15, 0.2) is 5.96 Å². The highest BCUT2D eigenvalue weighted by molar-refractivity contribution is 5.81. The quantitative estimate of drug-likeness (QED) is 0.799. The Morgan fingerprint density at radius 2 is 2.12 bits per heavy atom. The molecule has 0 bridgehead atoms. The third-order valence-corrected chi connectivity index (χ3v) is 3.42. The van der Waals surface area contributed by atoms with Crippen molar-refractivity contribution in [2.75, 3.05) is 20.2 Å². The van der Waals surface area contributed by atoms with Gasteiger partial charge in [-0.2, -0.15) is 0 Å². The van der Waals surface area contributed by atoms with Crippen LogP contribution in [0.5, 0.6) is 0 Å². The van der Waals surface area contributed by atoms with Crippen molar-refractivity contribution in [3.05, 3.63) is 0 Å². The van der Waals surface area contributed by atoms with Gasteiger partial charge in [-0.25, -0.2) is 0 Å². The van der Waals surface area contributed by atoms with Gasteiger partial charge in [-0.05, 0) is 26.7 Å². The van der Waals surface area contributed by atoms with Crippen LogP contribution in [0.3, 0.4) is 0 Å². The van der Waals surface area contributed by atoms with Crippen molar-refractivity contribution in [1.82, 2.24) is 4.90 Å². The van der Waals surface area contributed by atoms with Crippen LogP contribution >= 0.6 is 0 Å². The summed E-state index contributed by atoms with van der Waals surface area (Å²) in [5.74, 6) is 1.25. The van der Waals surface area contributed by atoms with Crippen LogP contribution in [0.2, 0.25) is 0 Å². The summed E-state index contributed by atoms with van der Waals surface area (Å²) in [6.45, 7) is 12.6. The van der Waals surface area contributed by atoms with Crippen LogP contribution in [0.15, 0.2) is 4.99 Å². The normalized spacial score (nSPS) is 25.6. The molecule has 0 aromatic rings. The molecule has 1 aliphatic heterocycles. The first-order chi connectivity index (χ1) is 7.70. The van der Waals surface area contributed by atoms with Crippen molar-refractivity contribution in [2.45, 2.75) is 52.2 Å². The van der Waals surface area contributed by atoms with Crippen LogP contribution in [0.25, 0.3) is 0 Å². The molecule has 0 aromatic heterocycles. The fraction of sp³-hybridized carbons (Fsp3) is 0.923. The third kappa shape index (κ3) is 3.35. The molecule has 0 fully saturated rings. The fourth-order valence-corrected chi connectivity index (χ4v) is 2.52. The minimum Gasteiger partial charge on any atom is -0.379 e. The number of guanidine groups is 1. The Kier molecular flexibility index (Phi) is 4.07. The zero-order valence-corrected chi connectivity index (χ0v) is 12.1. The van der Waals surface area contributed by atoms with Crippen LogP contribution in [0.4, 0.5) is 0 Å². The highest BCUT2D eigenvalue weighted by atomic mass is 16.5. The Bertz CT molecular complexity index is 299. The maximum absolute atomic E-state index is 6.00. The van der Waals surface area contributed by atoms with Gasteiger partial charge in [0.05, 0.1) is 17.7 Å². The number of nitrogens with zero attached hydrogens (tertiary/aromatic N) is 2. The second kappa shape index (κ2) is 4.84. The summed E-state index contributed by atoms with van der Waals surface area (Å²) in [5, 5.41) is 0. The van der Waals surface area contributed by atoms with E-state index in [1.165, 1.54) is 0 Å². The third-order valence-electron chi connectivity index (χ3n) is 3.42. The molecule has 100 valence electrons. The van der Waals surface area contributed by atoms with Crippen LogP contribution in [0.1, 0.15) is 41.0 Å². The average Bonchev–Trinajstić information content (AvgIpc) is 2.45. The number of methoxy groups -OCH3 is 1. The summed E-state index contributed by atoms with van der Waals surface area (Å²) in [4.78, 5) is 6.64. The Labute approximate surface area is 105 Å². The zero-order valence-electron chi connectivity index (χ0n) is 12.1. The molecule has 1 atom stereocenters. The van der Waals surface area contributed by atoms with E-state index in [1.54, 1.807) is 7.11 Å². The highest BCUT2D eigenvalue weighted by Gasteiger charge is 2.42. The van der Waals surface area contributed by atoms with Gasteiger partial charge in [0.25, 0.3) is 0 Å². The highest BCUT2D eigenvalue weighted by Crippen LogP contribution is 2.32. The Hall–Kier alpha value is -0.770. The van der Waals surface area contributed by atoms with Crippen molar-refractivity contribution >= 4 is 5.96 Å². The summed E-state index contributed by atoms with van der Waals surface area (Å²) >= 11 is 0. The molecule has 4 nitrogen and oxygen atoms in total. The largest absolute Gasteiger partial charge is 0.379 e. The molecule has 0 saturated heterocycles. The summed E-state index contributed by atoms with van der Waals surface area (Å²) in [6.07, 6.45) is 0.924. The van der Waals surface area contributed by atoms with Crippen molar-refractivity contribution in [1.29, 1.82) is 0 Å². The summed E-state index contributed by atoms with van der Waals surface area (Å²) in [7, 11) is 1.76. The number of aliphatic imine (C=N–C) groups is 1. The van der Waals surface area contributed by atoms with Gasteiger partial charge in [-0.15, -0.1) is 0 Å². The lowest BCUT2D eigenvalue weighted by Crippen LogP contribution is -2.54. The molecule has 0 aromatic carbocycles. The SMILES string of the molecule is COC(C)(C)CC1(C)CN=C(N)N1CC(C)C. The fourth-order valence-electron chi connectivity index (χ4n) is 2.52. The number of hydrogen-bond acceptors (Lipinski definition) is 4. The van der Waals surface area contributed by atoms with E-state index in [9.17, 15) is 0 Å². The van der Waals surface area contributed by atoms with E-state index in [0.29, 0.717) is 11.9 Å². The number of rotatable bonds is 5. The monoisotopic (exact) mass is 241 g/mol. The molecule has 1 rings (SSSR count). The second-order valence-corrected chi connectivity index (χ2v) is 6.32. The predicted octanol–water partition coefficient (Wildman–Crippen LogP) is 1.85. The zero-order chi connectivity index (χ0) is 13.3. The van der Waals surface area contributed by atoms with Crippen molar-refractivity contribution < 1.29 is 4.74 Å². The van der Waals surface area contributed by atoms with Crippen LogP contribution in [-0.2, 0) is 4.74 Å². The van der Waals surface area contributed by atoms with Gasteiger partial charge in [-0.1, -0.05) is 13.8 Å². The second-order valence-electron chi connectivity index (χ2n) is 6.32. The van der Waals surface area contributed by atoms with Gasteiger partial charge >= 0.3 is 0 Å². The molecule has 4 heteroatoms. The van der Waals surface area contributed by atoms with E-state index in [2.05, 4.69) is 44.5 Å². The first-order valence-electron chi connectivity index (χ1n) is 6.33. The predicted molar refractivity (Wildman–Crippen MR) is 72.1 cm³/mol. The van der Waals surface area contributed by atoms with Gasteiger partial charge in [0.2, 0.25) is 0 Å². The smallest absolute Gasteiger partial charge is 0.191 e. The van der Waals surface area contributed by atoms with E-state index in [-0.39, 0.29) is 11.1 Å². The average molecular weight is 241 g/mol. The lowest BCUT2D eigenvalue weighted by molar-refractivity contribution is -0.0183. The topological polar surface area (TPSA) is 50.9 Å². The number of nitrogens with two attached hydrogens (primary N) is 1. The summed E-state index contributed by atoms with van der Waals surface area (Å²) in [5.41, 5.74) is 5.83. The Morgan fingerprint density at radius 1 is 1.53 bits per heavy atom. The Balaban J connectivity index is 2.81. The molecule has 0 spiro atoms. The summed E-state index contributed by atoms with van der Waals surface area (Å²) < 4.78 is 5.53. The van der Waals surface area contributed by atoms with Crippen molar-refractivity contribution in [2.24, 2.45) is 16.6 Å². The molecule has 2 N–H and O–H groups in total. The van der Waals surface area contributed by atoms with E-state index >= 15 is 0 Å². The van der Waals surface area contributed by atoms with Crippen molar-refractivity contribution in [3.8, 4) is 0 Å². The van der Waals surface area contributed by atoms with Crippen LogP contribution in [0, 0.1) is 5.92 Å². The molecule has 0 radical (unpaired) electrons. The minimum atomic E-state index is -0.149. The standard InChI is InChI=1S/C13H27N3O/c1-10(2)7-16-11(14)15-9-13(16,5)8-12(3,4)17-6/h10H,7-9H2,1-6H3,(H2,14,15). The molecule has 1 unspecified atom stereocenters. The molecule has 1 aliphatic rings. The number of hydrogen-bond donors (Lipinski definition) is 1. The molecule has 0 aliphatic carbocycles. The van der Waals surface area contributed by atoms with Gasteiger partial charge < -0.3 is 15.4 Å². The van der Waals surface area contributed by atoms with Crippen LogP contribution in [-0.4, -0.2) is 42.2 Å². The van der Waals surface area contributed by atoms with Crippen molar-refractivity contribution in [3.63, 3.8) is 0 Å². The van der Waals surface area contributed by atoms with E-state index in [0.717, 1.165) is 19.5 Å². The lowest BCUT2D eigenvalue weighted by Gasteiger charge is -2.41. The summed E-state index contributed by atoms with van der Waals surface area (Å²) in [6, 6.07) is 0. The Morgan fingerprint density at radius 3 is 2.59 bits per heavy atom. The maximum atomic E-state index is 6.00. The first kappa shape index (κ1) is 14.3. The van der Waals surface area contributed by atoms with Gasteiger partial charge in [0.1, 0.15) is 0 Å². The molecular weight excluding hydrogens is 214 g/mol. The first-order valence-corrected chi connectivity index (χ1v) is 6.33. The van der Waals surface area contributed by atoms with Gasteiger partial charge in [-0.3, -0.25) is 4.99 Å².